The summed E-state index contributed by atoms with van der Waals surface area (Å²) in [5, 5.41) is 3.90. The number of nitrogens with one attached hydrogen (secondary N) is 1. The summed E-state index contributed by atoms with van der Waals surface area (Å²) in [6.07, 6.45) is 0. The highest BCUT2D eigenvalue weighted by molar-refractivity contribution is 6.31. The van der Waals surface area contributed by atoms with E-state index in [1.807, 2.05) is 24.3 Å². The SMILES string of the molecule is CC(Nc1nc2cc(Cl)ccc2o1)c1ccccc1. The first-order valence-electron chi connectivity index (χ1n) is 6.10. The van der Waals surface area contributed by atoms with Gasteiger partial charge in [0.2, 0.25) is 0 Å². The number of anilines is 1. The maximum Gasteiger partial charge on any atom is 0.296 e. The molecule has 4 heteroatoms. The Morgan fingerprint density at radius 2 is 1.95 bits per heavy atom. The van der Waals surface area contributed by atoms with Crippen molar-refractivity contribution in [3.8, 4) is 0 Å². The van der Waals surface area contributed by atoms with Gasteiger partial charge in [0.15, 0.2) is 5.58 Å². The van der Waals surface area contributed by atoms with Crippen LogP contribution in [0.1, 0.15) is 18.5 Å². The zero-order valence-corrected chi connectivity index (χ0v) is 11.2. The topological polar surface area (TPSA) is 38.1 Å². The zero-order chi connectivity index (χ0) is 13.2. The maximum atomic E-state index is 5.93. The molecule has 0 spiro atoms. The maximum absolute atomic E-state index is 5.93. The molecule has 3 rings (SSSR count). The fraction of sp³-hybridized carbons (Fsp3) is 0.133. The fourth-order valence-corrected chi connectivity index (χ4v) is 2.14. The van der Waals surface area contributed by atoms with Crippen molar-refractivity contribution in [1.29, 1.82) is 0 Å². The Morgan fingerprint density at radius 1 is 1.16 bits per heavy atom. The number of benzene rings is 2. The summed E-state index contributed by atoms with van der Waals surface area (Å²) in [7, 11) is 0. The molecule has 0 aliphatic heterocycles. The Balaban J connectivity index is 1.85. The van der Waals surface area contributed by atoms with Crippen LogP contribution in [0.4, 0.5) is 6.01 Å². The molecule has 1 heterocycles. The molecule has 0 saturated heterocycles. The van der Waals surface area contributed by atoms with E-state index in [1.54, 1.807) is 12.1 Å². The van der Waals surface area contributed by atoms with Gasteiger partial charge in [0.1, 0.15) is 5.52 Å². The lowest BCUT2D eigenvalue weighted by atomic mass is 10.1. The molecule has 0 bridgehead atoms. The lowest BCUT2D eigenvalue weighted by molar-refractivity contribution is 0.604. The molecular formula is C15H13ClN2O. The Labute approximate surface area is 116 Å². The first-order valence-corrected chi connectivity index (χ1v) is 6.48. The number of fused-ring (bicyclic) bond motifs is 1. The number of nitrogens with zero attached hydrogens (tertiary/aromatic N) is 1. The number of aromatic nitrogens is 1. The van der Waals surface area contributed by atoms with Crippen LogP contribution in [-0.2, 0) is 0 Å². The van der Waals surface area contributed by atoms with Crippen LogP contribution in [0.15, 0.2) is 52.9 Å². The van der Waals surface area contributed by atoms with Gasteiger partial charge in [0, 0.05) is 5.02 Å². The van der Waals surface area contributed by atoms with Crippen molar-refractivity contribution < 1.29 is 4.42 Å². The van der Waals surface area contributed by atoms with Crippen LogP contribution in [-0.4, -0.2) is 4.98 Å². The number of hydrogen-bond donors (Lipinski definition) is 1. The predicted molar refractivity (Wildman–Crippen MR) is 77.5 cm³/mol. The van der Waals surface area contributed by atoms with E-state index in [-0.39, 0.29) is 6.04 Å². The fourth-order valence-electron chi connectivity index (χ4n) is 1.97. The third-order valence-electron chi connectivity index (χ3n) is 2.99. The van der Waals surface area contributed by atoms with Gasteiger partial charge in [-0.2, -0.15) is 4.98 Å². The normalized spacial score (nSPS) is 12.5. The van der Waals surface area contributed by atoms with Crippen LogP contribution in [0.5, 0.6) is 0 Å². The Kier molecular flexibility index (Phi) is 3.13. The summed E-state index contributed by atoms with van der Waals surface area (Å²) >= 11 is 5.93. The quantitative estimate of drug-likeness (QED) is 0.754. The van der Waals surface area contributed by atoms with Crippen LogP contribution in [0.25, 0.3) is 11.1 Å². The van der Waals surface area contributed by atoms with Crippen LogP contribution in [0, 0.1) is 0 Å². The number of oxazole rings is 1. The summed E-state index contributed by atoms with van der Waals surface area (Å²) in [4.78, 5) is 4.38. The molecule has 0 radical (unpaired) electrons. The van der Waals surface area contributed by atoms with E-state index < -0.39 is 0 Å². The van der Waals surface area contributed by atoms with Gasteiger partial charge < -0.3 is 9.73 Å². The van der Waals surface area contributed by atoms with Crippen molar-refractivity contribution in [2.75, 3.05) is 5.32 Å². The molecule has 1 N–H and O–H groups in total. The van der Waals surface area contributed by atoms with Gasteiger partial charge in [-0.25, -0.2) is 0 Å². The van der Waals surface area contributed by atoms with Crippen LogP contribution in [0.3, 0.4) is 0 Å². The molecule has 1 atom stereocenters. The molecule has 0 saturated carbocycles. The van der Waals surface area contributed by atoms with E-state index in [1.165, 1.54) is 5.56 Å². The molecule has 3 nitrogen and oxygen atoms in total. The van der Waals surface area contributed by atoms with Crippen molar-refractivity contribution in [2.45, 2.75) is 13.0 Å². The summed E-state index contributed by atoms with van der Waals surface area (Å²) in [5.41, 5.74) is 2.67. The second kappa shape index (κ2) is 4.94. The highest BCUT2D eigenvalue weighted by Gasteiger charge is 2.10. The van der Waals surface area contributed by atoms with Gasteiger partial charge in [-0.05, 0) is 30.7 Å². The zero-order valence-electron chi connectivity index (χ0n) is 10.4. The molecule has 96 valence electrons. The molecule has 2 aromatic carbocycles. The van der Waals surface area contributed by atoms with Crippen LogP contribution in [0.2, 0.25) is 5.02 Å². The van der Waals surface area contributed by atoms with Gasteiger partial charge in [-0.15, -0.1) is 0 Å². The molecule has 0 fully saturated rings. The highest BCUT2D eigenvalue weighted by atomic mass is 35.5. The molecular weight excluding hydrogens is 260 g/mol. The van der Waals surface area contributed by atoms with Gasteiger partial charge in [0.25, 0.3) is 6.01 Å². The van der Waals surface area contributed by atoms with Gasteiger partial charge in [-0.3, -0.25) is 0 Å². The molecule has 0 aliphatic rings. The van der Waals surface area contributed by atoms with Crippen LogP contribution >= 0.6 is 11.6 Å². The average Bonchev–Trinajstić information content (AvgIpc) is 2.81. The minimum absolute atomic E-state index is 0.129. The first-order chi connectivity index (χ1) is 9.22. The lowest BCUT2D eigenvalue weighted by Crippen LogP contribution is -2.06. The average molecular weight is 273 g/mol. The Hall–Kier alpha value is -2.00. The Bertz CT molecular complexity index is 694. The van der Waals surface area contributed by atoms with Crippen LogP contribution < -0.4 is 5.32 Å². The van der Waals surface area contributed by atoms with E-state index in [9.17, 15) is 0 Å². The summed E-state index contributed by atoms with van der Waals surface area (Å²) < 4.78 is 5.63. The standard InChI is InChI=1S/C15H13ClN2O/c1-10(11-5-3-2-4-6-11)17-15-18-13-9-12(16)7-8-14(13)19-15/h2-10H,1H3,(H,17,18). The molecule has 0 aliphatic carbocycles. The van der Waals surface area contributed by atoms with Crippen molar-refractivity contribution >= 4 is 28.7 Å². The van der Waals surface area contributed by atoms with Gasteiger partial charge in [-0.1, -0.05) is 41.9 Å². The summed E-state index contributed by atoms with van der Waals surface area (Å²) in [6.45, 7) is 2.07. The lowest BCUT2D eigenvalue weighted by Gasteiger charge is -2.11. The number of hydrogen-bond acceptors (Lipinski definition) is 3. The van der Waals surface area contributed by atoms with Crippen molar-refractivity contribution in [2.24, 2.45) is 0 Å². The third kappa shape index (κ3) is 2.56. The van der Waals surface area contributed by atoms with E-state index >= 15 is 0 Å². The van der Waals surface area contributed by atoms with Crippen molar-refractivity contribution in [1.82, 2.24) is 4.98 Å². The van der Waals surface area contributed by atoms with Gasteiger partial charge >= 0.3 is 0 Å². The third-order valence-corrected chi connectivity index (χ3v) is 3.22. The van der Waals surface area contributed by atoms with Gasteiger partial charge in [0.05, 0.1) is 6.04 Å². The minimum atomic E-state index is 0.129. The largest absolute Gasteiger partial charge is 0.424 e. The highest BCUT2D eigenvalue weighted by Crippen LogP contribution is 2.25. The van der Waals surface area contributed by atoms with Crippen molar-refractivity contribution in [3.63, 3.8) is 0 Å². The number of halogens is 1. The molecule has 0 amide bonds. The summed E-state index contributed by atoms with van der Waals surface area (Å²) in [5.74, 6) is 0. The summed E-state index contributed by atoms with van der Waals surface area (Å²) in [6, 6.07) is 16.2. The molecule has 1 unspecified atom stereocenters. The minimum Gasteiger partial charge on any atom is -0.424 e. The second-order valence-corrected chi connectivity index (χ2v) is 4.84. The van der Waals surface area contributed by atoms with E-state index in [0.29, 0.717) is 11.0 Å². The smallest absolute Gasteiger partial charge is 0.296 e. The molecule has 19 heavy (non-hydrogen) atoms. The Morgan fingerprint density at radius 3 is 2.74 bits per heavy atom. The monoisotopic (exact) mass is 272 g/mol. The van der Waals surface area contributed by atoms with Crippen molar-refractivity contribution in [3.05, 3.63) is 59.1 Å². The second-order valence-electron chi connectivity index (χ2n) is 4.41. The first kappa shape index (κ1) is 12.1. The molecule has 1 aromatic heterocycles. The van der Waals surface area contributed by atoms with E-state index in [0.717, 1.165) is 11.1 Å². The van der Waals surface area contributed by atoms with E-state index in [4.69, 9.17) is 16.0 Å². The van der Waals surface area contributed by atoms with E-state index in [2.05, 4.69) is 29.4 Å². The molecule has 3 aromatic rings. The predicted octanol–water partition coefficient (Wildman–Crippen LogP) is 4.65. The number of rotatable bonds is 3.